The molecule has 1 aliphatic carbocycles. The van der Waals surface area contributed by atoms with Crippen LogP contribution in [0.5, 0.6) is 0 Å². The molecule has 1 rings (SSSR count). The van der Waals surface area contributed by atoms with Crippen LogP contribution in [-0.4, -0.2) is 57.1 Å². The summed E-state index contributed by atoms with van der Waals surface area (Å²) in [6.45, 7) is -0.497. The van der Waals surface area contributed by atoms with Crippen LogP contribution < -0.4 is 0 Å². The van der Waals surface area contributed by atoms with Crippen LogP contribution >= 0.6 is 0 Å². The van der Waals surface area contributed by atoms with Crippen LogP contribution in [0.4, 0.5) is 0 Å². The van der Waals surface area contributed by atoms with E-state index in [1.165, 1.54) is 0 Å². The van der Waals surface area contributed by atoms with Crippen molar-refractivity contribution in [3.63, 3.8) is 0 Å². The maximum absolute atomic E-state index is 9.37. The van der Waals surface area contributed by atoms with Gasteiger partial charge in [0.25, 0.3) is 0 Å². The van der Waals surface area contributed by atoms with Crippen molar-refractivity contribution in [1.29, 1.82) is 0 Å². The number of aliphatic hydroxyl groups is 5. The fourth-order valence-corrected chi connectivity index (χ4v) is 1.79. The predicted octanol–water partition coefficient (Wildman–Crippen LogP) is -2.31. The van der Waals surface area contributed by atoms with Crippen LogP contribution in [0.15, 0.2) is 0 Å². The Balaban J connectivity index is 2.66. The van der Waals surface area contributed by atoms with Gasteiger partial charge in [-0.05, 0) is 6.42 Å². The van der Waals surface area contributed by atoms with Gasteiger partial charge in [-0.1, -0.05) is 0 Å². The highest BCUT2D eigenvalue weighted by Gasteiger charge is 2.41. The maximum atomic E-state index is 9.37. The first-order valence-electron chi connectivity index (χ1n) is 4.37. The summed E-state index contributed by atoms with van der Waals surface area (Å²) < 4.78 is 0. The van der Waals surface area contributed by atoms with E-state index in [9.17, 15) is 15.3 Å². The smallest absolute Gasteiger partial charge is 0.106 e. The van der Waals surface area contributed by atoms with Crippen LogP contribution in [0, 0.1) is 11.8 Å². The molecule has 13 heavy (non-hydrogen) atoms. The summed E-state index contributed by atoms with van der Waals surface area (Å²) in [5.41, 5.74) is 0. The first-order chi connectivity index (χ1) is 6.11. The second-order valence-corrected chi connectivity index (χ2v) is 3.59. The summed E-state index contributed by atoms with van der Waals surface area (Å²) in [6.07, 6.45) is -3.17. The Morgan fingerprint density at radius 1 is 0.769 bits per heavy atom. The molecule has 78 valence electrons. The van der Waals surface area contributed by atoms with Crippen LogP contribution in [0.25, 0.3) is 0 Å². The van der Waals surface area contributed by atoms with Gasteiger partial charge in [-0.25, -0.2) is 0 Å². The molecule has 0 aliphatic heterocycles. The van der Waals surface area contributed by atoms with Gasteiger partial charge in [0.2, 0.25) is 0 Å². The van der Waals surface area contributed by atoms with Gasteiger partial charge in [0.15, 0.2) is 0 Å². The quantitative estimate of drug-likeness (QED) is 0.338. The zero-order valence-electron chi connectivity index (χ0n) is 7.24. The number of rotatable bonds is 2. The third-order valence-electron chi connectivity index (χ3n) is 2.74. The number of hydrogen-bond donors (Lipinski definition) is 5. The van der Waals surface area contributed by atoms with Crippen LogP contribution in [0.1, 0.15) is 6.42 Å². The molecule has 5 nitrogen and oxygen atoms in total. The highest BCUT2D eigenvalue weighted by molar-refractivity contribution is 4.91. The largest absolute Gasteiger partial charge is 0.396 e. The molecule has 1 fully saturated rings. The van der Waals surface area contributed by atoms with E-state index in [0.717, 1.165) is 0 Å². The molecule has 4 atom stereocenters. The Hall–Kier alpha value is -0.200. The minimum atomic E-state index is -1.27. The molecule has 0 aromatic rings. The van der Waals surface area contributed by atoms with E-state index in [1.54, 1.807) is 0 Å². The molecule has 1 aliphatic rings. The van der Waals surface area contributed by atoms with Gasteiger partial charge in [0.05, 0.1) is 12.2 Å². The molecule has 0 aromatic carbocycles. The lowest BCUT2D eigenvalue weighted by Gasteiger charge is -2.39. The Morgan fingerprint density at radius 3 is 1.46 bits per heavy atom. The van der Waals surface area contributed by atoms with Crippen molar-refractivity contribution >= 4 is 0 Å². The van der Waals surface area contributed by atoms with Gasteiger partial charge in [-0.15, -0.1) is 0 Å². The predicted molar refractivity (Wildman–Crippen MR) is 43.8 cm³/mol. The van der Waals surface area contributed by atoms with Gasteiger partial charge in [-0.3, -0.25) is 0 Å². The molecule has 1 saturated carbocycles. The van der Waals surface area contributed by atoms with Crippen LogP contribution in [0.2, 0.25) is 0 Å². The molecule has 0 bridgehead atoms. The molecule has 5 heteroatoms. The van der Waals surface area contributed by atoms with Gasteiger partial charge >= 0.3 is 0 Å². The van der Waals surface area contributed by atoms with Crippen molar-refractivity contribution in [3.05, 3.63) is 0 Å². The molecule has 0 amide bonds. The number of aliphatic hydroxyl groups excluding tert-OH is 5. The topological polar surface area (TPSA) is 101 Å². The summed E-state index contributed by atoms with van der Waals surface area (Å²) in [6, 6.07) is 0. The zero-order chi connectivity index (χ0) is 10.0. The Kier molecular flexibility index (Phi) is 3.63. The first-order valence-corrected chi connectivity index (χ1v) is 4.37. The monoisotopic (exact) mass is 192 g/mol. The van der Waals surface area contributed by atoms with Gasteiger partial charge in [0.1, 0.15) is 6.10 Å². The van der Waals surface area contributed by atoms with E-state index >= 15 is 0 Å². The van der Waals surface area contributed by atoms with Crippen molar-refractivity contribution in [1.82, 2.24) is 0 Å². The minimum absolute atomic E-state index is 0.249. The number of hydrogen-bond acceptors (Lipinski definition) is 5. The molecular formula is C8H16O5. The van der Waals surface area contributed by atoms with Crippen molar-refractivity contribution < 1.29 is 25.5 Å². The average Bonchev–Trinajstić information content (AvgIpc) is 2.15. The lowest BCUT2D eigenvalue weighted by Crippen LogP contribution is -2.52. The maximum Gasteiger partial charge on any atom is 0.106 e. The zero-order valence-corrected chi connectivity index (χ0v) is 7.24. The van der Waals surface area contributed by atoms with Gasteiger partial charge in [-0.2, -0.15) is 0 Å². The normalized spacial score (nSPS) is 46.4. The highest BCUT2D eigenvalue weighted by Crippen LogP contribution is 2.29. The van der Waals surface area contributed by atoms with E-state index in [-0.39, 0.29) is 13.2 Å². The molecular weight excluding hydrogens is 176 g/mol. The van der Waals surface area contributed by atoms with E-state index in [1.807, 2.05) is 0 Å². The lowest BCUT2D eigenvalue weighted by atomic mass is 9.76. The second-order valence-electron chi connectivity index (χ2n) is 3.59. The minimum Gasteiger partial charge on any atom is -0.396 e. The van der Waals surface area contributed by atoms with Gasteiger partial charge in [0, 0.05) is 25.0 Å². The molecule has 5 N–H and O–H groups in total. The standard InChI is InChI=1S/C8H16O5/c9-2-4-1-5(3-10)7(12)8(13)6(4)11/h4-13H,1-3H2/t4-,5-,6+,7+/m1/s1. The molecule has 0 radical (unpaired) electrons. The highest BCUT2D eigenvalue weighted by atomic mass is 16.4. The van der Waals surface area contributed by atoms with Crippen LogP contribution in [0.3, 0.4) is 0 Å². The molecule has 0 unspecified atom stereocenters. The SMILES string of the molecule is OC[C@H]1C[C@H](CO)[C@H](O)C(O)[C@H]1O. The third-order valence-corrected chi connectivity index (χ3v) is 2.74. The summed E-state index contributed by atoms with van der Waals surface area (Å²) in [4.78, 5) is 0. The Labute approximate surface area is 76.3 Å². The average molecular weight is 192 g/mol. The summed E-state index contributed by atoms with van der Waals surface area (Å²) in [5, 5.41) is 45.8. The fraction of sp³-hybridized carbons (Fsp3) is 1.00. The summed E-state index contributed by atoms with van der Waals surface area (Å²) in [7, 11) is 0. The van der Waals surface area contributed by atoms with Gasteiger partial charge < -0.3 is 25.5 Å². The lowest BCUT2D eigenvalue weighted by molar-refractivity contribution is -0.148. The molecule has 0 aromatic heterocycles. The second kappa shape index (κ2) is 4.34. The first kappa shape index (κ1) is 10.9. The Morgan fingerprint density at radius 2 is 1.15 bits per heavy atom. The summed E-state index contributed by atoms with van der Waals surface area (Å²) in [5.74, 6) is -0.925. The fourth-order valence-electron chi connectivity index (χ4n) is 1.79. The van der Waals surface area contributed by atoms with Crippen molar-refractivity contribution in [2.24, 2.45) is 11.8 Å². The Bertz CT molecular complexity index is 143. The van der Waals surface area contributed by atoms with E-state index in [2.05, 4.69) is 0 Å². The third kappa shape index (κ3) is 2.00. The van der Waals surface area contributed by atoms with Crippen molar-refractivity contribution in [2.45, 2.75) is 24.7 Å². The van der Waals surface area contributed by atoms with Crippen molar-refractivity contribution in [3.8, 4) is 0 Å². The molecule has 0 heterocycles. The van der Waals surface area contributed by atoms with Crippen molar-refractivity contribution in [2.75, 3.05) is 13.2 Å². The van der Waals surface area contributed by atoms with E-state index < -0.39 is 30.1 Å². The molecule has 0 spiro atoms. The van der Waals surface area contributed by atoms with Crippen LogP contribution in [-0.2, 0) is 0 Å². The van der Waals surface area contributed by atoms with E-state index in [0.29, 0.717) is 6.42 Å². The summed E-state index contributed by atoms with van der Waals surface area (Å²) >= 11 is 0. The molecule has 0 saturated heterocycles. The van der Waals surface area contributed by atoms with E-state index in [4.69, 9.17) is 10.2 Å².